The highest BCUT2D eigenvalue weighted by Crippen LogP contribution is 2.21. The van der Waals surface area contributed by atoms with Gasteiger partial charge in [-0.25, -0.2) is 13.2 Å². The van der Waals surface area contributed by atoms with Crippen LogP contribution in [0, 0.1) is 0 Å². The summed E-state index contributed by atoms with van der Waals surface area (Å²) in [6.45, 7) is 1.80. The van der Waals surface area contributed by atoms with E-state index in [2.05, 4.69) is 9.46 Å². The zero-order chi connectivity index (χ0) is 16.0. The zero-order valence-electron chi connectivity index (χ0n) is 11.3. The van der Waals surface area contributed by atoms with Gasteiger partial charge in [0.1, 0.15) is 0 Å². The first kappa shape index (κ1) is 16.8. The van der Waals surface area contributed by atoms with Crippen LogP contribution in [0.15, 0.2) is 18.2 Å². The van der Waals surface area contributed by atoms with Crippen LogP contribution >= 0.6 is 0 Å². The monoisotopic (exact) mass is 316 g/mol. The maximum absolute atomic E-state index is 11.8. The number of carboxylic acids is 1. The van der Waals surface area contributed by atoms with Gasteiger partial charge in [0.15, 0.2) is 0 Å². The number of esters is 1. The average Bonchev–Trinajstić information content (AvgIpc) is 2.39. The minimum absolute atomic E-state index is 0.0189. The number of nitrogens with one attached hydrogen (secondary N) is 1. The molecule has 0 spiro atoms. The van der Waals surface area contributed by atoms with Gasteiger partial charge in [-0.1, -0.05) is 0 Å². The van der Waals surface area contributed by atoms with Crippen molar-refractivity contribution >= 4 is 33.3 Å². The maximum Gasteiger partial charge on any atom is 0.335 e. The molecule has 0 saturated heterocycles. The Labute approximate surface area is 122 Å². The van der Waals surface area contributed by atoms with Crippen LogP contribution in [0.3, 0.4) is 0 Å². The number of ether oxygens (including phenoxy) is 1. The summed E-state index contributed by atoms with van der Waals surface area (Å²) in [5, 5.41) is 8.78. The van der Waals surface area contributed by atoms with Gasteiger partial charge in [-0.15, -0.1) is 0 Å². The number of aromatic carboxylic acids is 1. The molecule has 0 aromatic heterocycles. The third-order valence-corrected chi connectivity index (χ3v) is 3.72. The highest BCUT2D eigenvalue weighted by molar-refractivity contribution is 7.92. The molecule has 0 amide bonds. The number of rotatable bonds is 7. The molecule has 0 unspecified atom stereocenters. The van der Waals surface area contributed by atoms with Crippen molar-refractivity contribution in [1.29, 1.82) is 0 Å². The molecule has 0 aliphatic rings. The number of hydrogen-bond donors (Lipinski definition) is 3. The lowest BCUT2D eigenvalue weighted by Gasteiger charge is -2.10. The summed E-state index contributed by atoms with van der Waals surface area (Å²) in [5.41, 5.74) is 5.57. The van der Waals surface area contributed by atoms with Crippen LogP contribution in [0.4, 0.5) is 11.4 Å². The van der Waals surface area contributed by atoms with Gasteiger partial charge in [0.25, 0.3) is 0 Å². The first-order valence-corrected chi connectivity index (χ1v) is 7.69. The maximum atomic E-state index is 11.8. The fourth-order valence-electron chi connectivity index (χ4n) is 1.46. The van der Waals surface area contributed by atoms with Crippen molar-refractivity contribution in [3.05, 3.63) is 23.8 Å². The molecule has 0 fully saturated rings. The molecule has 0 aliphatic carbocycles. The molecular weight excluding hydrogens is 300 g/mol. The highest BCUT2D eigenvalue weighted by atomic mass is 32.2. The quantitative estimate of drug-likeness (QED) is 0.496. The van der Waals surface area contributed by atoms with E-state index in [9.17, 15) is 18.0 Å². The Kier molecular flexibility index (Phi) is 5.53. The Hall–Kier alpha value is -2.29. The van der Waals surface area contributed by atoms with Crippen LogP contribution in [0.25, 0.3) is 0 Å². The molecule has 4 N–H and O–H groups in total. The van der Waals surface area contributed by atoms with Gasteiger partial charge in [-0.3, -0.25) is 9.52 Å². The van der Waals surface area contributed by atoms with Gasteiger partial charge in [-0.05, 0) is 25.1 Å². The van der Waals surface area contributed by atoms with Crippen molar-refractivity contribution in [1.82, 2.24) is 0 Å². The summed E-state index contributed by atoms with van der Waals surface area (Å²) in [5.74, 6) is -2.23. The molecule has 0 heterocycles. The van der Waals surface area contributed by atoms with E-state index in [1.54, 1.807) is 6.92 Å². The number of sulfonamides is 1. The average molecular weight is 316 g/mol. The summed E-state index contributed by atoms with van der Waals surface area (Å²) in [4.78, 5) is 21.9. The second kappa shape index (κ2) is 6.93. The van der Waals surface area contributed by atoms with E-state index in [4.69, 9.17) is 10.8 Å². The molecule has 21 heavy (non-hydrogen) atoms. The van der Waals surface area contributed by atoms with Crippen molar-refractivity contribution in [3.63, 3.8) is 0 Å². The van der Waals surface area contributed by atoms with E-state index in [0.717, 1.165) is 6.07 Å². The lowest BCUT2D eigenvalue weighted by molar-refractivity contribution is -0.142. The molecule has 116 valence electrons. The molecule has 0 atom stereocenters. The Morgan fingerprint density at radius 2 is 2.05 bits per heavy atom. The van der Waals surface area contributed by atoms with Crippen molar-refractivity contribution < 1.29 is 27.9 Å². The van der Waals surface area contributed by atoms with E-state index < -0.39 is 27.7 Å². The van der Waals surface area contributed by atoms with Crippen LogP contribution < -0.4 is 10.5 Å². The number of nitrogen functional groups attached to an aromatic ring is 1. The van der Waals surface area contributed by atoms with Gasteiger partial charge in [0.2, 0.25) is 10.0 Å². The van der Waals surface area contributed by atoms with Crippen LogP contribution in [0.5, 0.6) is 0 Å². The smallest absolute Gasteiger partial charge is 0.335 e. The van der Waals surface area contributed by atoms with Gasteiger partial charge in [-0.2, -0.15) is 0 Å². The fourth-order valence-corrected chi connectivity index (χ4v) is 2.52. The number of nitrogens with two attached hydrogens (primary N) is 1. The molecule has 0 bridgehead atoms. The molecule has 9 heteroatoms. The highest BCUT2D eigenvalue weighted by Gasteiger charge is 2.16. The second-order valence-electron chi connectivity index (χ2n) is 4.08. The third kappa shape index (κ3) is 5.30. The summed E-state index contributed by atoms with van der Waals surface area (Å²) in [7, 11) is -3.78. The summed E-state index contributed by atoms with van der Waals surface area (Å²) < 4.78 is 30.4. The molecule has 1 aromatic rings. The summed E-state index contributed by atoms with van der Waals surface area (Å²) >= 11 is 0. The second-order valence-corrected chi connectivity index (χ2v) is 5.93. The first-order valence-electron chi connectivity index (χ1n) is 6.04. The van der Waals surface area contributed by atoms with Crippen LogP contribution in [-0.2, 0) is 19.6 Å². The predicted molar refractivity (Wildman–Crippen MR) is 76.5 cm³/mol. The lowest BCUT2D eigenvalue weighted by Crippen LogP contribution is -2.20. The predicted octanol–water partition coefficient (Wildman–Crippen LogP) is 0.662. The van der Waals surface area contributed by atoms with Crippen LogP contribution in [0.1, 0.15) is 23.7 Å². The normalized spacial score (nSPS) is 10.9. The number of carbonyl (C=O) groups is 2. The zero-order valence-corrected chi connectivity index (χ0v) is 12.1. The number of carboxylic acid groups (broad SMARTS) is 1. The van der Waals surface area contributed by atoms with E-state index in [1.165, 1.54) is 12.1 Å². The molecule has 0 aliphatic heterocycles. The Balaban J connectivity index is 2.75. The van der Waals surface area contributed by atoms with Crippen molar-refractivity contribution in [2.45, 2.75) is 13.3 Å². The Morgan fingerprint density at radius 3 is 2.57 bits per heavy atom. The molecule has 0 saturated carbocycles. The number of hydrogen-bond acceptors (Lipinski definition) is 6. The number of benzene rings is 1. The van der Waals surface area contributed by atoms with Gasteiger partial charge in [0.05, 0.1) is 35.7 Å². The standard InChI is InChI=1S/C12H16N2O6S/c1-2-20-11(15)5-6-21(18,19)14-10-4-3-8(12(16)17)7-9(10)13/h3-4,7,14H,2,5-6,13H2,1H3,(H,16,17). The Morgan fingerprint density at radius 1 is 1.38 bits per heavy atom. The molecule has 1 rings (SSSR count). The van der Waals surface area contributed by atoms with Gasteiger partial charge in [0, 0.05) is 0 Å². The lowest BCUT2D eigenvalue weighted by atomic mass is 10.2. The van der Waals surface area contributed by atoms with Gasteiger partial charge >= 0.3 is 11.9 Å². The van der Waals surface area contributed by atoms with E-state index in [-0.39, 0.29) is 30.0 Å². The SMILES string of the molecule is CCOC(=O)CCS(=O)(=O)Nc1ccc(C(=O)O)cc1N. The Bertz CT molecular complexity index is 641. The largest absolute Gasteiger partial charge is 0.478 e. The van der Waals surface area contributed by atoms with Crippen molar-refractivity contribution in [2.75, 3.05) is 22.8 Å². The van der Waals surface area contributed by atoms with Crippen molar-refractivity contribution in [3.8, 4) is 0 Å². The fraction of sp³-hybridized carbons (Fsp3) is 0.333. The van der Waals surface area contributed by atoms with Crippen molar-refractivity contribution in [2.24, 2.45) is 0 Å². The van der Waals surface area contributed by atoms with E-state index in [0.29, 0.717) is 0 Å². The summed E-state index contributed by atoms with van der Waals surface area (Å²) in [6, 6.07) is 3.62. The van der Waals surface area contributed by atoms with Crippen LogP contribution in [-0.4, -0.2) is 37.8 Å². The molecule has 8 nitrogen and oxygen atoms in total. The number of carbonyl (C=O) groups excluding carboxylic acids is 1. The molecular formula is C12H16N2O6S. The minimum Gasteiger partial charge on any atom is -0.478 e. The topological polar surface area (TPSA) is 136 Å². The van der Waals surface area contributed by atoms with Gasteiger partial charge < -0.3 is 15.6 Å². The third-order valence-electron chi connectivity index (χ3n) is 2.44. The van der Waals surface area contributed by atoms with E-state index >= 15 is 0 Å². The molecule has 0 radical (unpaired) electrons. The summed E-state index contributed by atoms with van der Waals surface area (Å²) in [6.07, 6.45) is -0.281. The number of anilines is 2. The van der Waals surface area contributed by atoms with E-state index in [1.807, 2.05) is 0 Å². The first-order chi connectivity index (χ1) is 9.75. The minimum atomic E-state index is -3.78. The molecule has 1 aromatic carbocycles. The van der Waals surface area contributed by atoms with Crippen LogP contribution in [0.2, 0.25) is 0 Å².